The van der Waals surface area contributed by atoms with Crippen LogP contribution in [0.15, 0.2) is 36.5 Å². The zero-order valence-corrected chi connectivity index (χ0v) is 11.4. The van der Waals surface area contributed by atoms with E-state index in [4.69, 9.17) is 17.3 Å². The molecule has 1 aromatic heterocycles. The topological polar surface area (TPSA) is 42.1 Å². The maximum Gasteiger partial charge on any atom is 0.167 e. The van der Waals surface area contributed by atoms with Crippen molar-refractivity contribution in [1.82, 2.24) is 4.98 Å². The minimum Gasteiger partial charge on any atom is -0.353 e. The molecule has 0 fully saturated rings. The minimum atomic E-state index is -0.426. The largest absolute Gasteiger partial charge is 0.353 e. The molecule has 0 saturated carbocycles. The molecule has 0 bridgehead atoms. The van der Waals surface area contributed by atoms with Gasteiger partial charge in [0.2, 0.25) is 0 Å². The normalized spacial score (nSPS) is 10.5. The summed E-state index contributed by atoms with van der Waals surface area (Å²) in [5, 5.41) is 0.291. The second-order valence-corrected chi connectivity index (χ2v) is 4.78. The van der Waals surface area contributed by atoms with Crippen molar-refractivity contribution in [2.24, 2.45) is 5.73 Å². The lowest BCUT2D eigenvalue weighted by atomic mass is 10.1. The molecule has 5 heteroatoms. The molecule has 2 rings (SSSR count). The van der Waals surface area contributed by atoms with Crippen LogP contribution in [0.1, 0.15) is 11.1 Å². The van der Waals surface area contributed by atoms with E-state index in [9.17, 15) is 4.39 Å². The molecule has 1 aromatic carbocycles. The molecule has 0 aliphatic heterocycles. The summed E-state index contributed by atoms with van der Waals surface area (Å²) in [7, 11) is 1.79. The third-order valence-electron chi connectivity index (χ3n) is 2.80. The van der Waals surface area contributed by atoms with Crippen molar-refractivity contribution in [1.29, 1.82) is 0 Å². The van der Waals surface area contributed by atoms with E-state index < -0.39 is 5.82 Å². The fourth-order valence-electron chi connectivity index (χ4n) is 1.89. The molecule has 0 amide bonds. The summed E-state index contributed by atoms with van der Waals surface area (Å²) < 4.78 is 13.7. The van der Waals surface area contributed by atoms with Gasteiger partial charge in [-0.1, -0.05) is 35.9 Å². The highest BCUT2D eigenvalue weighted by atomic mass is 35.5. The van der Waals surface area contributed by atoms with Gasteiger partial charge in [-0.3, -0.25) is 0 Å². The fourth-order valence-corrected chi connectivity index (χ4v) is 2.04. The molecule has 3 nitrogen and oxygen atoms in total. The summed E-state index contributed by atoms with van der Waals surface area (Å²) in [6.07, 6.45) is 1.44. The second-order valence-electron chi connectivity index (χ2n) is 4.34. The third-order valence-corrected chi connectivity index (χ3v) is 3.00. The van der Waals surface area contributed by atoms with Crippen LogP contribution in [0, 0.1) is 5.82 Å². The van der Waals surface area contributed by atoms with Crippen LogP contribution in [-0.2, 0) is 13.1 Å². The summed E-state index contributed by atoms with van der Waals surface area (Å²) in [4.78, 5) is 5.75. The number of rotatable bonds is 4. The molecule has 0 aliphatic rings. The van der Waals surface area contributed by atoms with Crippen molar-refractivity contribution in [3.05, 3.63) is 58.5 Å². The Morgan fingerprint density at radius 3 is 2.74 bits per heavy atom. The number of nitrogens with two attached hydrogens (primary N) is 1. The Labute approximate surface area is 116 Å². The predicted octanol–water partition coefficient (Wildman–Crippen LogP) is 2.97. The van der Waals surface area contributed by atoms with Crippen molar-refractivity contribution in [2.45, 2.75) is 13.1 Å². The number of pyridine rings is 1. The van der Waals surface area contributed by atoms with Gasteiger partial charge < -0.3 is 10.6 Å². The molecule has 0 spiro atoms. The molecule has 0 radical (unpaired) electrons. The summed E-state index contributed by atoms with van der Waals surface area (Å²) in [5.74, 6) is -0.146. The predicted molar refractivity (Wildman–Crippen MR) is 75.6 cm³/mol. The third kappa shape index (κ3) is 3.43. The first-order chi connectivity index (χ1) is 9.10. The molecule has 0 unspecified atom stereocenters. The van der Waals surface area contributed by atoms with E-state index in [1.165, 1.54) is 12.3 Å². The lowest BCUT2D eigenvalue weighted by Gasteiger charge is -2.19. The van der Waals surface area contributed by atoms with Crippen molar-refractivity contribution >= 4 is 17.4 Å². The van der Waals surface area contributed by atoms with Crippen molar-refractivity contribution in [3.8, 4) is 0 Å². The molecule has 0 saturated heterocycles. The number of aromatic nitrogens is 1. The van der Waals surface area contributed by atoms with E-state index in [0.29, 0.717) is 18.1 Å². The maximum atomic E-state index is 13.7. The Morgan fingerprint density at radius 1 is 1.32 bits per heavy atom. The highest BCUT2D eigenvalue weighted by Crippen LogP contribution is 2.20. The lowest BCUT2D eigenvalue weighted by molar-refractivity contribution is 0.615. The van der Waals surface area contributed by atoms with Crippen LogP contribution in [0.5, 0.6) is 0 Å². The van der Waals surface area contributed by atoms with Gasteiger partial charge in [0, 0.05) is 26.3 Å². The number of nitrogens with zero attached hydrogens (tertiary/aromatic N) is 2. The summed E-state index contributed by atoms with van der Waals surface area (Å²) in [6, 6.07) is 9.14. The van der Waals surface area contributed by atoms with Crippen LogP contribution >= 0.6 is 11.6 Å². The molecule has 2 aromatic rings. The summed E-state index contributed by atoms with van der Waals surface area (Å²) in [6.45, 7) is 1.05. The van der Waals surface area contributed by atoms with Gasteiger partial charge in [-0.25, -0.2) is 9.37 Å². The molecule has 2 N–H and O–H groups in total. The van der Waals surface area contributed by atoms with Crippen LogP contribution in [0.2, 0.25) is 5.02 Å². The van der Waals surface area contributed by atoms with Crippen LogP contribution < -0.4 is 10.6 Å². The highest BCUT2D eigenvalue weighted by Gasteiger charge is 2.10. The van der Waals surface area contributed by atoms with Crippen molar-refractivity contribution in [3.63, 3.8) is 0 Å². The van der Waals surface area contributed by atoms with E-state index in [-0.39, 0.29) is 5.82 Å². The smallest absolute Gasteiger partial charge is 0.167 e. The quantitative estimate of drug-likeness (QED) is 0.936. The first kappa shape index (κ1) is 13.8. The Hall–Kier alpha value is -1.65. The van der Waals surface area contributed by atoms with E-state index in [2.05, 4.69) is 4.98 Å². The number of halogens is 2. The molecular formula is C14H15ClFN3. The molecule has 0 aliphatic carbocycles. The Morgan fingerprint density at radius 2 is 2.05 bits per heavy atom. The summed E-state index contributed by atoms with van der Waals surface area (Å²) in [5.41, 5.74) is 7.71. The molecular weight excluding hydrogens is 265 g/mol. The highest BCUT2D eigenvalue weighted by molar-refractivity contribution is 6.30. The monoisotopic (exact) mass is 279 g/mol. The molecule has 100 valence electrons. The van der Waals surface area contributed by atoms with Crippen LogP contribution in [-0.4, -0.2) is 12.0 Å². The van der Waals surface area contributed by atoms with Gasteiger partial charge in [0.05, 0.1) is 5.02 Å². The van der Waals surface area contributed by atoms with Gasteiger partial charge in [-0.2, -0.15) is 0 Å². The lowest BCUT2D eigenvalue weighted by Crippen LogP contribution is -2.19. The Bertz CT molecular complexity index is 574. The van der Waals surface area contributed by atoms with E-state index in [1.807, 2.05) is 24.3 Å². The van der Waals surface area contributed by atoms with Gasteiger partial charge in [0.15, 0.2) is 11.6 Å². The Balaban J connectivity index is 2.17. The molecule has 1 heterocycles. The number of hydrogen-bond donors (Lipinski definition) is 1. The first-order valence-electron chi connectivity index (χ1n) is 5.90. The van der Waals surface area contributed by atoms with Crippen LogP contribution in [0.4, 0.5) is 10.2 Å². The van der Waals surface area contributed by atoms with Gasteiger partial charge in [-0.05, 0) is 17.2 Å². The van der Waals surface area contributed by atoms with Gasteiger partial charge in [-0.15, -0.1) is 0 Å². The molecule has 0 atom stereocenters. The average Bonchev–Trinajstić information content (AvgIpc) is 2.38. The van der Waals surface area contributed by atoms with E-state index >= 15 is 0 Å². The number of hydrogen-bond acceptors (Lipinski definition) is 3. The standard InChI is InChI=1S/C14H15ClFN3/c1-19(14-13(16)6-12(15)8-18-14)9-11-4-2-3-10(5-11)7-17/h2-6,8H,7,9,17H2,1H3. The number of anilines is 1. The Kier molecular flexibility index (Phi) is 4.35. The van der Waals surface area contributed by atoms with Crippen molar-refractivity contribution < 1.29 is 4.39 Å². The zero-order chi connectivity index (χ0) is 13.8. The first-order valence-corrected chi connectivity index (χ1v) is 6.28. The van der Waals surface area contributed by atoms with Crippen LogP contribution in [0.3, 0.4) is 0 Å². The maximum absolute atomic E-state index is 13.7. The van der Waals surface area contributed by atoms with E-state index in [1.54, 1.807) is 11.9 Å². The van der Waals surface area contributed by atoms with Gasteiger partial charge in [0.25, 0.3) is 0 Å². The fraction of sp³-hybridized carbons (Fsp3) is 0.214. The zero-order valence-electron chi connectivity index (χ0n) is 10.6. The number of benzene rings is 1. The van der Waals surface area contributed by atoms with E-state index in [0.717, 1.165) is 11.1 Å². The summed E-state index contributed by atoms with van der Waals surface area (Å²) >= 11 is 5.69. The second kappa shape index (κ2) is 5.99. The average molecular weight is 280 g/mol. The van der Waals surface area contributed by atoms with Gasteiger partial charge >= 0.3 is 0 Å². The van der Waals surface area contributed by atoms with Gasteiger partial charge in [0.1, 0.15) is 0 Å². The van der Waals surface area contributed by atoms with Crippen molar-refractivity contribution in [2.75, 3.05) is 11.9 Å². The minimum absolute atomic E-state index is 0.280. The van der Waals surface area contributed by atoms with Crippen LogP contribution in [0.25, 0.3) is 0 Å². The molecule has 19 heavy (non-hydrogen) atoms. The SMILES string of the molecule is CN(Cc1cccc(CN)c1)c1ncc(Cl)cc1F.